The summed E-state index contributed by atoms with van der Waals surface area (Å²) in [6.45, 7) is -0.106. The number of likely N-dealkylation sites (N-methyl/N-ethyl adjacent to an activating group) is 1. The van der Waals surface area contributed by atoms with E-state index >= 15 is 0 Å². The van der Waals surface area contributed by atoms with E-state index in [4.69, 9.17) is 4.74 Å². The van der Waals surface area contributed by atoms with Gasteiger partial charge in [-0.1, -0.05) is 0 Å². The van der Waals surface area contributed by atoms with Crippen molar-refractivity contribution in [2.75, 3.05) is 26.0 Å². The van der Waals surface area contributed by atoms with Gasteiger partial charge in [0.15, 0.2) is 6.61 Å². The Morgan fingerprint density at radius 3 is 2.04 bits per heavy atom. The first kappa shape index (κ1) is 20.1. The summed E-state index contributed by atoms with van der Waals surface area (Å²) in [5, 5.41) is 2.60. The Kier molecular flexibility index (Phi) is 6.27. The number of benzene rings is 2. The zero-order chi connectivity index (χ0) is 20.0. The van der Waals surface area contributed by atoms with Crippen LogP contribution >= 0.6 is 0 Å². The maximum Gasteiger partial charge on any atom is 0.573 e. The molecule has 0 aliphatic heterocycles. The van der Waals surface area contributed by atoms with E-state index in [9.17, 15) is 22.8 Å². The second-order valence-corrected chi connectivity index (χ2v) is 5.63. The van der Waals surface area contributed by atoms with Gasteiger partial charge in [0, 0.05) is 25.3 Å². The van der Waals surface area contributed by atoms with Gasteiger partial charge in [-0.3, -0.25) is 9.59 Å². The van der Waals surface area contributed by atoms with E-state index in [0.29, 0.717) is 11.4 Å². The van der Waals surface area contributed by atoms with Crippen LogP contribution in [0.4, 0.5) is 18.9 Å². The van der Waals surface area contributed by atoms with Crippen LogP contribution in [0, 0.1) is 0 Å². The number of anilines is 1. The summed E-state index contributed by atoms with van der Waals surface area (Å²) in [6.07, 6.45) is -4.79. The predicted molar refractivity (Wildman–Crippen MR) is 91.7 cm³/mol. The Bertz CT molecular complexity index is 788. The number of carbonyl (C=O) groups excluding carboxylic acids is 2. The largest absolute Gasteiger partial charge is 0.573 e. The number of nitrogens with zero attached hydrogens (tertiary/aromatic N) is 1. The number of alkyl halides is 3. The fraction of sp³-hybridized carbons (Fsp3) is 0.222. The number of hydrogen-bond acceptors (Lipinski definition) is 4. The van der Waals surface area contributed by atoms with Crippen molar-refractivity contribution in [2.24, 2.45) is 0 Å². The third kappa shape index (κ3) is 6.53. The lowest BCUT2D eigenvalue weighted by Crippen LogP contribution is -2.27. The SMILES string of the molecule is CN(C)C(=O)COc1ccc(NC(=O)c2ccc(OC(F)(F)F)cc2)cc1. The lowest BCUT2D eigenvalue weighted by Gasteiger charge is -2.12. The summed E-state index contributed by atoms with van der Waals surface area (Å²) in [4.78, 5) is 25.0. The van der Waals surface area contributed by atoms with Crippen LogP contribution < -0.4 is 14.8 Å². The van der Waals surface area contributed by atoms with Crippen molar-refractivity contribution in [2.45, 2.75) is 6.36 Å². The Labute approximate surface area is 153 Å². The normalized spacial score (nSPS) is 10.9. The minimum atomic E-state index is -4.79. The Morgan fingerprint density at radius 2 is 1.52 bits per heavy atom. The first-order valence-corrected chi connectivity index (χ1v) is 7.74. The smallest absolute Gasteiger partial charge is 0.484 e. The van der Waals surface area contributed by atoms with Gasteiger partial charge in [0.1, 0.15) is 11.5 Å². The van der Waals surface area contributed by atoms with Gasteiger partial charge in [0.25, 0.3) is 11.8 Å². The Morgan fingerprint density at radius 1 is 0.963 bits per heavy atom. The van der Waals surface area contributed by atoms with Crippen molar-refractivity contribution >= 4 is 17.5 Å². The third-order valence-corrected chi connectivity index (χ3v) is 3.32. The average molecular weight is 382 g/mol. The van der Waals surface area contributed by atoms with E-state index in [0.717, 1.165) is 12.1 Å². The number of ether oxygens (including phenoxy) is 2. The van der Waals surface area contributed by atoms with E-state index in [2.05, 4.69) is 10.1 Å². The van der Waals surface area contributed by atoms with Gasteiger partial charge in [-0.05, 0) is 48.5 Å². The fourth-order valence-electron chi connectivity index (χ4n) is 1.92. The van der Waals surface area contributed by atoms with Crippen molar-refractivity contribution in [1.82, 2.24) is 4.90 Å². The molecule has 9 heteroatoms. The van der Waals surface area contributed by atoms with Crippen molar-refractivity contribution in [1.29, 1.82) is 0 Å². The molecule has 0 heterocycles. The molecule has 2 amide bonds. The molecule has 0 radical (unpaired) electrons. The highest BCUT2D eigenvalue weighted by Crippen LogP contribution is 2.23. The molecule has 1 N–H and O–H groups in total. The summed E-state index contributed by atoms with van der Waals surface area (Å²) in [5.74, 6) is -0.639. The molecule has 0 aromatic heterocycles. The average Bonchev–Trinajstić information content (AvgIpc) is 2.60. The summed E-state index contributed by atoms with van der Waals surface area (Å²) in [7, 11) is 3.23. The summed E-state index contributed by atoms with van der Waals surface area (Å²) in [5.41, 5.74) is 0.628. The Hall–Kier alpha value is -3.23. The Balaban J connectivity index is 1.92. The molecule has 6 nitrogen and oxygen atoms in total. The molecule has 0 aliphatic carbocycles. The first-order valence-electron chi connectivity index (χ1n) is 7.74. The molecular weight excluding hydrogens is 365 g/mol. The van der Waals surface area contributed by atoms with Crippen molar-refractivity contribution in [3.63, 3.8) is 0 Å². The molecule has 0 aliphatic rings. The summed E-state index contributed by atoms with van der Waals surface area (Å²) < 4.78 is 45.4. The first-order chi connectivity index (χ1) is 12.6. The highest BCUT2D eigenvalue weighted by molar-refractivity contribution is 6.04. The third-order valence-electron chi connectivity index (χ3n) is 3.32. The predicted octanol–water partition coefficient (Wildman–Crippen LogP) is 3.30. The molecule has 2 aromatic carbocycles. The quantitative estimate of drug-likeness (QED) is 0.833. The van der Waals surface area contributed by atoms with Gasteiger partial charge >= 0.3 is 6.36 Å². The molecule has 144 valence electrons. The summed E-state index contributed by atoms with van der Waals surface area (Å²) >= 11 is 0. The maximum absolute atomic E-state index is 12.1. The van der Waals surface area contributed by atoms with Crippen molar-refractivity contribution in [3.05, 3.63) is 54.1 Å². The molecule has 0 spiro atoms. The van der Waals surface area contributed by atoms with Crippen LogP contribution in [-0.4, -0.2) is 43.8 Å². The molecule has 2 rings (SSSR count). The van der Waals surface area contributed by atoms with Gasteiger partial charge in [0.2, 0.25) is 0 Å². The molecule has 2 aromatic rings. The number of carbonyl (C=O) groups is 2. The van der Waals surface area contributed by atoms with Crippen molar-refractivity contribution in [3.8, 4) is 11.5 Å². The minimum absolute atomic E-state index is 0.106. The van der Waals surface area contributed by atoms with Gasteiger partial charge < -0.3 is 19.7 Å². The number of halogens is 3. The number of amides is 2. The molecule has 27 heavy (non-hydrogen) atoms. The molecule has 0 atom stereocenters. The number of rotatable bonds is 6. The molecule has 0 fully saturated rings. The van der Waals surface area contributed by atoms with Crippen LogP contribution in [0.1, 0.15) is 10.4 Å². The van der Waals surface area contributed by atoms with Crippen LogP contribution in [-0.2, 0) is 4.79 Å². The summed E-state index contributed by atoms with van der Waals surface area (Å²) in [6, 6.07) is 10.9. The number of hydrogen-bond donors (Lipinski definition) is 1. The van der Waals surface area contributed by atoms with E-state index in [-0.39, 0.29) is 18.1 Å². The minimum Gasteiger partial charge on any atom is -0.484 e. The van der Waals surface area contributed by atoms with Gasteiger partial charge in [-0.15, -0.1) is 13.2 Å². The second kappa shape index (κ2) is 8.43. The molecular formula is C18H17F3N2O4. The van der Waals surface area contributed by atoms with E-state index in [1.165, 1.54) is 17.0 Å². The van der Waals surface area contributed by atoms with Crippen LogP contribution in [0.25, 0.3) is 0 Å². The zero-order valence-corrected chi connectivity index (χ0v) is 14.5. The van der Waals surface area contributed by atoms with E-state index in [1.807, 2.05) is 0 Å². The molecule has 0 saturated heterocycles. The van der Waals surface area contributed by atoms with Gasteiger partial charge in [0.05, 0.1) is 0 Å². The zero-order valence-electron chi connectivity index (χ0n) is 14.5. The number of nitrogens with one attached hydrogen (secondary N) is 1. The van der Waals surface area contributed by atoms with Gasteiger partial charge in [-0.25, -0.2) is 0 Å². The molecule has 0 saturated carbocycles. The van der Waals surface area contributed by atoms with Crippen molar-refractivity contribution < 1.29 is 32.2 Å². The lowest BCUT2D eigenvalue weighted by molar-refractivity contribution is -0.274. The van der Waals surface area contributed by atoms with Crippen LogP contribution in [0.5, 0.6) is 11.5 Å². The fourth-order valence-corrected chi connectivity index (χ4v) is 1.92. The standard InChI is InChI=1S/C18H17F3N2O4/c1-23(2)16(24)11-26-14-9-5-13(6-10-14)22-17(25)12-3-7-15(8-4-12)27-18(19,20)21/h3-10H,11H2,1-2H3,(H,22,25). The van der Waals surface area contributed by atoms with Gasteiger partial charge in [-0.2, -0.15) is 0 Å². The lowest BCUT2D eigenvalue weighted by atomic mass is 10.2. The highest BCUT2D eigenvalue weighted by Gasteiger charge is 2.31. The van der Waals surface area contributed by atoms with Crippen LogP contribution in [0.2, 0.25) is 0 Å². The molecule has 0 unspecified atom stereocenters. The highest BCUT2D eigenvalue weighted by atomic mass is 19.4. The second-order valence-electron chi connectivity index (χ2n) is 5.63. The topological polar surface area (TPSA) is 67.9 Å². The molecule has 0 bridgehead atoms. The monoisotopic (exact) mass is 382 g/mol. The van der Waals surface area contributed by atoms with E-state index < -0.39 is 18.0 Å². The van der Waals surface area contributed by atoms with E-state index in [1.54, 1.807) is 38.4 Å². The van der Waals surface area contributed by atoms with Crippen LogP contribution in [0.3, 0.4) is 0 Å². The maximum atomic E-state index is 12.1. The van der Waals surface area contributed by atoms with Crippen LogP contribution in [0.15, 0.2) is 48.5 Å².